The summed E-state index contributed by atoms with van der Waals surface area (Å²) >= 11 is 0. The van der Waals surface area contributed by atoms with Crippen LogP contribution in [0.3, 0.4) is 0 Å². The first-order chi connectivity index (χ1) is 6.50. The molecule has 0 radical (unpaired) electrons. The smallest absolute Gasteiger partial charge is 0.300 e. The molecule has 0 spiro atoms. The van der Waals surface area contributed by atoms with E-state index in [0.717, 1.165) is 32.6 Å². The number of carboxylic acid groups (broad SMARTS) is 1. The van der Waals surface area contributed by atoms with E-state index >= 15 is 0 Å². The molecule has 0 aliphatic carbocycles. The molecule has 6 nitrogen and oxygen atoms in total. The van der Waals surface area contributed by atoms with Gasteiger partial charge in [0.15, 0.2) is 0 Å². The van der Waals surface area contributed by atoms with E-state index in [4.69, 9.17) is 9.90 Å². The van der Waals surface area contributed by atoms with Crippen molar-refractivity contribution in [3.63, 3.8) is 0 Å². The lowest BCUT2D eigenvalue weighted by molar-refractivity contribution is -0.757. The van der Waals surface area contributed by atoms with Crippen molar-refractivity contribution in [2.24, 2.45) is 0 Å². The maximum Gasteiger partial charge on any atom is 0.300 e. The molecule has 0 bridgehead atoms. The lowest BCUT2D eigenvalue weighted by Gasteiger charge is -1.96. The Hall–Kier alpha value is -1.33. The fourth-order valence-corrected chi connectivity index (χ4v) is 0.668. The Morgan fingerprint density at radius 1 is 1.43 bits per heavy atom. The predicted octanol–water partition coefficient (Wildman–Crippen LogP) is 1.87. The van der Waals surface area contributed by atoms with Crippen molar-refractivity contribution in [1.82, 2.24) is 0 Å². The van der Waals surface area contributed by atoms with Gasteiger partial charge in [0.05, 0.1) is 6.61 Å². The van der Waals surface area contributed by atoms with Crippen molar-refractivity contribution >= 4 is 5.97 Å². The van der Waals surface area contributed by atoms with Gasteiger partial charge in [-0.3, -0.25) is 4.79 Å². The van der Waals surface area contributed by atoms with Gasteiger partial charge in [-0.25, -0.2) is 0 Å². The number of unbranched alkanes of at least 4 members (excludes halogenated alkanes) is 3. The van der Waals surface area contributed by atoms with Crippen molar-refractivity contribution < 1.29 is 19.8 Å². The number of carbonyl (C=O) groups is 1. The predicted molar refractivity (Wildman–Crippen MR) is 50.4 cm³/mol. The van der Waals surface area contributed by atoms with Gasteiger partial charge in [-0.1, -0.05) is 26.2 Å². The summed E-state index contributed by atoms with van der Waals surface area (Å²) in [6, 6.07) is 0. The van der Waals surface area contributed by atoms with Crippen LogP contribution in [0.15, 0.2) is 0 Å². The largest absolute Gasteiger partial charge is 0.481 e. The van der Waals surface area contributed by atoms with Crippen LogP contribution in [-0.4, -0.2) is 22.8 Å². The Kier molecular flexibility index (Phi) is 12.6. The summed E-state index contributed by atoms with van der Waals surface area (Å²) in [7, 11) is 0. The van der Waals surface area contributed by atoms with E-state index in [1.807, 2.05) is 0 Å². The number of rotatable bonds is 6. The molecule has 1 N–H and O–H groups in total. The average Bonchev–Trinajstić information content (AvgIpc) is 2.02. The second-order valence-electron chi connectivity index (χ2n) is 2.64. The fourth-order valence-electron chi connectivity index (χ4n) is 0.668. The topological polar surface area (TPSA) is 89.7 Å². The van der Waals surface area contributed by atoms with Gasteiger partial charge in [0, 0.05) is 6.92 Å². The Morgan fingerprint density at radius 2 is 1.93 bits per heavy atom. The summed E-state index contributed by atoms with van der Waals surface area (Å²) in [6.07, 6.45) is 4.07. The molecule has 14 heavy (non-hydrogen) atoms. The van der Waals surface area contributed by atoms with E-state index in [0.29, 0.717) is 0 Å². The molecule has 0 aliphatic rings. The molecule has 0 aromatic heterocycles. The van der Waals surface area contributed by atoms with E-state index < -0.39 is 11.1 Å². The second kappa shape index (κ2) is 11.7. The summed E-state index contributed by atoms with van der Waals surface area (Å²) in [5, 5.41) is 16.3. The van der Waals surface area contributed by atoms with Crippen LogP contribution in [0.1, 0.15) is 39.5 Å². The molecule has 84 valence electrons. The Balaban J connectivity index is 0. The van der Waals surface area contributed by atoms with E-state index in [1.54, 1.807) is 0 Å². The van der Waals surface area contributed by atoms with Gasteiger partial charge in [0.2, 0.25) is 0 Å². The first-order valence-electron chi connectivity index (χ1n) is 4.47. The third-order valence-corrected chi connectivity index (χ3v) is 1.19. The van der Waals surface area contributed by atoms with Crippen LogP contribution >= 0.6 is 0 Å². The minimum atomic E-state index is -0.833. The molecule has 0 aliphatic heterocycles. The SMILES string of the molecule is CC(=O)O.CCCCCCO[N+](=O)[O-]. The number of aliphatic carboxylic acids is 1. The van der Waals surface area contributed by atoms with Crippen molar-refractivity contribution in [1.29, 1.82) is 0 Å². The first-order valence-corrected chi connectivity index (χ1v) is 4.47. The van der Waals surface area contributed by atoms with Gasteiger partial charge in [-0.05, 0) is 6.42 Å². The molecule has 0 unspecified atom stereocenters. The van der Waals surface area contributed by atoms with Crippen LogP contribution in [0.2, 0.25) is 0 Å². The van der Waals surface area contributed by atoms with Crippen LogP contribution < -0.4 is 0 Å². The zero-order chi connectivity index (χ0) is 11.4. The summed E-state index contributed by atoms with van der Waals surface area (Å²) in [5.74, 6) is -0.833. The van der Waals surface area contributed by atoms with Gasteiger partial charge in [0.25, 0.3) is 11.1 Å². The molecule has 0 aromatic rings. The summed E-state index contributed by atoms with van der Waals surface area (Å²) < 4.78 is 0. The second-order valence-corrected chi connectivity index (χ2v) is 2.64. The molecule has 0 rings (SSSR count). The molecule has 0 saturated heterocycles. The lowest BCUT2D eigenvalue weighted by Crippen LogP contribution is -2.01. The number of nitrogens with zero attached hydrogens (tertiary/aromatic N) is 1. The molecule has 0 heterocycles. The highest BCUT2D eigenvalue weighted by molar-refractivity contribution is 5.62. The van der Waals surface area contributed by atoms with E-state index in [9.17, 15) is 10.1 Å². The fraction of sp³-hybridized carbons (Fsp3) is 0.875. The Labute approximate surface area is 83.0 Å². The van der Waals surface area contributed by atoms with Gasteiger partial charge in [-0.15, -0.1) is 10.1 Å². The van der Waals surface area contributed by atoms with E-state index in [2.05, 4.69) is 11.8 Å². The molecule has 0 aromatic carbocycles. The van der Waals surface area contributed by atoms with Crippen molar-refractivity contribution in [3.05, 3.63) is 10.1 Å². The van der Waals surface area contributed by atoms with Crippen LogP contribution in [0.5, 0.6) is 0 Å². The normalized spacial score (nSPS) is 8.43. The molecule has 6 heteroatoms. The maximum absolute atomic E-state index is 9.62. The number of hydrogen-bond acceptors (Lipinski definition) is 4. The van der Waals surface area contributed by atoms with Crippen LogP contribution in [-0.2, 0) is 9.63 Å². The van der Waals surface area contributed by atoms with E-state index in [1.165, 1.54) is 0 Å². The average molecular weight is 207 g/mol. The molecule has 0 fully saturated rings. The van der Waals surface area contributed by atoms with Crippen molar-refractivity contribution in [2.75, 3.05) is 6.61 Å². The summed E-state index contributed by atoms with van der Waals surface area (Å²) in [5.41, 5.74) is 0. The van der Waals surface area contributed by atoms with Crippen molar-refractivity contribution in [2.45, 2.75) is 39.5 Å². The van der Waals surface area contributed by atoms with Gasteiger partial charge in [-0.2, -0.15) is 0 Å². The van der Waals surface area contributed by atoms with Crippen LogP contribution in [0, 0.1) is 10.1 Å². The Bertz CT molecular complexity index is 156. The highest BCUT2D eigenvalue weighted by atomic mass is 16.9. The van der Waals surface area contributed by atoms with Gasteiger partial charge >= 0.3 is 0 Å². The minimum absolute atomic E-state index is 0.243. The molecular weight excluding hydrogens is 190 g/mol. The standard InChI is InChI=1S/C6H13NO3.C2H4O2/c1-2-3-4-5-6-10-7(8)9;1-2(3)4/h2-6H2,1H3;1H3,(H,3,4). The molecule has 0 amide bonds. The zero-order valence-corrected chi connectivity index (χ0v) is 8.56. The lowest BCUT2D eigenvalue weighted by atomic mass is 10.2. The molecule has 0 atom stereocenters. The van der Waals surface area contributed by atoms with Crippen LogP contribution in [0.25, 0.3) is 0 Å². The van der Waals surface area contributed by atoms with E-state index in [-0.39, 0.29) is 6.61 Å². The highest BCUT2D eigenvalue weighted by Gasteiger charge is 1.92. The molecule has 0 saturated carbocycles. The zero-order valence-electron chi connectivity index (χ0n) is 8.56. The minimum Gasteiger partial charge on any atom is -0.481 e. The van der Waals surface area contributed by atoms with Crippen LogP contribution in [0.4, 0.5) is 0 Å². The quantitative estimate of drug-likeness (QED) is 0.408. The molecular formula is C8H17NO5. The Morgan fingerprint density at radius 3 is 2.29 bits per heavy atom. The summed E-state index contributed by atoms with van der Waals surface area (Å²) in [6.45, 7) is 3.42. The third kappa shape index (κ3) is 31.0. The first kappa shape index (κ1) is 15.2. The number of hydrogen-bond donors (Lipinski definition) is 1. The highest BCUT2D eigenvalue weighted by Crippen LogP contribution is 1.98. The monoisotopic (exact) mass is 207 g/mol. The number of carboxylic acids is 1. The summed E-state index contributed by atoms with van der Waals surface area (Å²) in [4.78, 5) is 22.7. The van der Waals surface area contributed by atoms with Gasteiger partial charge < -0.3 is 9.94 Å². The van der Waals surface area contributed by atoms with Crippen molar-refractivity contribution in [3.8, 4) is 0 Å². The maximum atomic E-state index is 9.62. The third-order valence-electron chi connectivity index (χ3n) is 1.19. The van der Waals surface area contributed by atoms with Gasteiger partial charge in [0.1, 0.15) is 0 Å².